The largest absolute Gasteiger partial charge is 0.336 e. The predicted octanol–water partition coefficient (Wildman–Crippen LogP) is 2.28. The van der Waals surface area contributed by atoms with Crippen LogP contribution in [0.3, 0.4) is 0 Å². The molecule has 1 heterocycles. The number of anilines is 1. The van der Waals surface area contributed by atoms with Gasteiger partial charge in [-0.3, -0.25) is 4.79 Å². The van der Waals surface area contributed by atoms with Gasteiger partial charge in [0.1, 0.15) is 11.0 Å². The minimum absolute atomic E-state index is 0.0253. The summed E-state index contributed by atoms with van der Waals surface area (Å²) in [4.78, 5) is 18.4. The zero-order valence-electron chi connectivity index (χ0n) is 11.2. The molecule has 0 spiro atoms. The van der Waals surface area contributed by atoms with E-state index < -0.39 is 0 Å². The molecule has 0 atom stereocenters. The number of carbonyl (C=O) groups excluding carboxylic acids is 1. The molecule has 1 aromatic rings. The van der Waals surface area contributed by atoms with Gasteiger partial charge in [-0.15, -0.1) is 0 Å². The predicted molar refractivity (Wildman–Crippen MR) is 76.0 cm³/mol. The first-order valence-corrected chi connectivity index (χ1v) is 6.84. The summed E-state index contributed by atoms with van der Waals surface area (Å²) >= 11 is 5.90. The Morgan fingerprint density at radius 1 is 1.58 bits per heavy atom. The van der Waals surface area contributed by atoms with E-state index in [4.69, 9.17) is 17.4 Å². The van der Waals surface area contributed by atoms with Crippen LogP contribution < -0.4 is 11.3 Å². The summed E-state index contributed by atoms with van der Waals surface area (Å²) < 4.78 is 0. The van der Waals surface area contributed by atoms with Crippen LogP contribution >= 0.6 is 11.6 Å². The molecule has 5 nitrogen and oxygen atoms in total. The summed E-state index contributed by atoms with van der Waals surface area (Å²) in [5.74, 6) is 6.34. The van der Waals surface area contributed by atoms with Crippen LogP contribution in [-0.2, 0) is 0 Å². The normalized spacial score (nSPS) is 14.6. The molecule has 1 aromatic heterocycles. The van der Waals surface area contributed by atoms with Crippen molar-refractivity contribution in [3.63, 3.8) is 0 Å². The Labute approximate surface area is 118 Å². The molecular weight excluding hydrogens is 264 g/mol. The van der Waals surface area contributed by atoms with Gasteiger partial charge in [0.15, 0.2) is 0 Å². The van der Waals surface area contributed by atoms with E-state index >= 15 is 0 Å². The Bertz CT molecular complexity index is 474. The maximum atomic E-state index is 12.5. The monoisotopic (exact) mass is 282 g/mol. The van der Waals surface area contributed by atoms with E-state index in [-0.39, 0.29) is 17.1 Å². The number of nitrogens with zero attached hydrogens (tertiary/aromatic N) is 2. The van der Waals surface area contributed by atoms with Gasteiger partial charge in [0.05, 0.1) is 0 Å². The fourth-order valence-corrected chi connectivity index (χ4v) is 2.18. The number of hydrogen-bond donors (Lipinski definition) is 2. The lowest BCUT2D eigenvalue weighted by molar-refractivity contribution is 0.0696. The minimum atomic E-state index is -0.0253. The summed E-state index contributed by atoms with van der Waals surface area (Å²) in [6, 6.07) is 3.36. The van der Waals surface area contributed by atoms with Crippen molar-refractivity contribution in [1.29, 1.82) is 0 Å². The number of halogens is 1. The van der Waals surface area contributed by atoms with E-state index in [0.717, 1.165) is 6.54 Å². The third-order valence-corrected chi connectivity index (χ3v) is 3.42. The molecule has 104 valence electrons. The lowest BCUT2D eigenvalue weighted by Crippen LogP contribution is -2.38. The van der Waals surface area contributed by atoms with Crippen molar-refractivity contribution in [2.45, 2.75) is 32.7 Å². The van der Waals surface area contributed by atoms with Crippen LogP contribution in [0.2, 0.25) is 5.15 Å². The number of hydrazine groups is 1. The maximum absolute atomic E-state index is 12.5. The molecule has 6 heteroatoms. The van der Waals surface area contributed by atoms with E-state index in [1.165, 1.54) is 12.8 Å². The Morgan fingerprint density at radius 2 is 2.26 bits per heavy atom. The molecular formula is C13H19ClN4O. The molecule has 2 rings (SSSR count). The molecule has 1 fully saturated rings. The fourth-order valence-electron chi connectivity index (χ4n) is 1.97. The van der Waals surface area contributed by atoms with E-state index in [0.29, 0.717) is 17.3 Å². The average Bonchev–Trinajstić information content (AvgIpc) is 3.18. The number of rotatable bonds is 5. The maximum Gasteiger partial charge on any atom is 0.254 e. The standard InChI is InChI=1S/C13H19ClN4O/c1-8(2)18(7-9-3-4-9)13(19)10-5-11(14)16-12(6-10)17-15/h5-6,8-9H,3-4,7,15H2,1-2H3,(H,16,17). The van der Waals surface area contributed by atoms with Gasteiger partial charge in [0, 0.05) is 18.2 Å². The summed E-state index contributed by atoms with van der Waals surface area (Å²) in [6.45, 7) is 4.85. The summed E-state index contributed by atoms with van der Waals surface area (Å²) in [5, 5.41) is 0.258. The number of aromatic nitrogens is 1. The highest BCUT2D eigenvalue weighted by Crippen LogP contribution is 2.31. The molecule has 0 bridgehead atoms. The highest BCUT2D eigenvalue weighted by atomic mass is 35.5. The molecule has 19 heavy (non-hydrogen) atoms. The van der Waals surface area contributed by atoms with E-state index in [9.17, 15) is 4.79 Å². The Balaban J connectivity index is 2.22. The van der Waals surface area contributed by atoms with Gasteiger partial charge in [-0.1, -0.05) is 11.6 Å². The van der Waals surface area contributed by atoms with Crippen LogP contribution in [-0.4, -0.2) is 28.4 Å². The van der Waals surface area contributed by atoms with Crippen LogP contribution in [0.4, 0.5) is 5.82 Å². The van der Waals surface area contributed by atoms with E-state index in [2.05, 4.69) is 10.4 Å². The van der Waals surface area contributed by atoms with E-state index in [1.807, 2.05) is 18.7 Å². The molecule has 1 aliphatic rings. The zero-order chi connectivity index (χ0) is 14.0. The van der Waals surface area contributed by atoms with Gasteiger partial charge >= 0.3 is 0 Å². The summed E-state index contributed by atoms with van der Waals surface area (Å²) in [5.41, 5.74) is 2.93. The summed E-state index contributed by atoms with van der Waals surface area (Å²) in [7, 11) is 0. The highest BCUT2D eigenvalue weighted by molar-refractivity contribution is 6.29. The van der Waals surface area contributed by atoms with E-state index in [1.54, 1.807) is 12.1 Å². The summed E-state index contributed by atoms with van der Waals surface area (Å²) in [6.07, 6.45) is 2.42. The van der Waals surface area contributed by atoms with Gasteiger partial charge in [0.2, 0.25) is 0 Å². The number of carbonyl (C=O) groups is 1. The van der Waals surface area contributed by atoms with Crippen LogP contribution in [0.1, 0.15) is 37.0 Å². The minimum Gasteiger partial charge on any atom is -0.336 e. The fraction of sp³-hybridized carbons (Fsp3) is 0.538. The quantitative estimate of drug-likeness (QED) is 0.494. The van der Waals surface area contributed by atoms with Crippen molar-refractivity contribution >= 4 is 23.3 Å². The van der Waals surface area contributed by atoms with Gasteiger partial charge in [-0.05, 0) is 44.7 Å². The number of nitrogens with one attached hydrogen (secondary N) is 1. The molecule has 0 unspecified atom stereocenters. The smallest absolute Gasteiger partial charge is 0.254 e. The van der Waals surface area contributed by atoms with Gasteiger partial charge in [0.25, 0.3) is 5.91 Å². The second-order valence-corrected chi connectivity index (χ2v) is 5.59. The molecule has 0 radical (unpaired) electrons. The Morgan fingerprint density at radius 3 is 2.79 bits per heavy atom. The molecule has 0 saturated heterocycles. The van der Waals surface area contributed by atoms with Crippen molar-refractivity contribution < 1.29 is 4.79 Å². The topological polar surface area (TPSA) is 71.2 Å². The van der Waals surface area contributed by atoms with Crippen molar-refractivity contribution in [3.8, 4) is 0 Å². The SMILES string of the molecule is CC(C)N(CC1CC1)C(=O)c1cc(Cl)nc(NN)c1. The highest BCUT2D eigenvalue weighted by Gasteiger charge is 2.29. The molecule has 1 saturated carbocycles. The molecule has 1 aliphatic carbocycles. The number of nitrogens with two attached hydrogens (primary N) is 1. The zero-order valence-corrected chi connectivity index (χ0v) is 11.9. The number of amides is 1. The van der Waals surface area contributed by atoms with Crippen LogP contribution in [0.15, 0.2) is 12.1 Å². The van der Waals surface area contributed by atoms with Crippen LogP contribution in [0.25, 0.3) is 0 Å². The van der Waals surface area contributed by atoms with Gasteiger partial charge < -0.3 is 10.3 Å². The van der Waals surface area contributed by atoms with Crippen molar-refractivity contribution in [1.82, 2.24) is 9.88 Å². The lowest BCUT2D eigenvalue weighted by atomic mass is 10.2. The number of pyridine rings is 1. The van der Waals surface area contributed by atoms with Gasteiger partial charge in [-0.2, -0.15) is 0 Å². The third kappa shape index (κ3) is 3.58. The lowest BCUT2D eigenvalue weighted by Gasteiger charge is -2.27. The third-order valence-electron chi connectivity index (χ3n) is 3.22. The Kier molecular flexibility index (Phi) is 4.27. The van der Waals surface area contributed by atoms with Crippen molar-refractivity contribution in [3.05, 3.63) is 22.8 Å². The number of nitrogen functional groups attached to an aromatic ring is 1. The second kappa shape index (κ2) is 5.75. The molecule has 3 N–H and O–H groups in total. The van der Waals surface area contributed by atoms with Crippen LogP contribution in [0, 0.1) is 5.92 Å². The molecule has 1 amide bonds. The first-order chi connectivity index (χ1) is 9.01. The number of hydrogen-bond acceptors (Lipinski definition) is 4. The van der Waals surface area contributed by atoms with Crippen molar-refractivity contribution in [2.24, 2.45) is 11.8 Å². The first kappa shape index (κ1) is 14.1. The Hall–Kier alpha value is -1.33. The molecule has 0 aromatic carbocycles. The second-order valence-electron chi connectivity index (χ2n) is 5.20. The van der Waals surface area contributed by atoms with Crippen molar-refractivity contribution in [2.75, 3.05) is 12.0 Å². The van der Waals surface area contributed by atoms with Gasteiger partial charge in [-0.25, -0.2) is 10.8 Å². The molecule has 0 aliphatic heterocycles. The average molecular weight is 283 g/mol. The van der Waals surface area contributed by atoms with Crippen LogP contribution in [0.5, 0.6) is 0 Å². The first-order valence-electron chi connectivity index (χ1n) is 6.46.